The topological polar surface area (TPSA) is 54.9 Å². The van der Waals surface area contributed by atoms with Crippen molar-refractivity contribution in [3.8, 4) is 0 Å². The molecule has 0 aliphatic rings. The highest BCUT2D eigenvalue weighted by molar-refractivity contribution is 6.29. The Morgan fingerprint density at radius 2 is 2.05 bits per heavy atom. The van der Waals surface area contributed by atoms with Crippen LogP contribution in [0.2, 0.25) is 5.15 Å². The van der Waals surface area contributed by atoms with Crippen LogP contribution in [0.25, 0.3) is 0 Å². The molecule has 0 radical (unpaired) electrons. The van der Waals surface area contributed by atoms with Crippen molar-refractivity contribution >= 4 is 23.3 Å². The zero-order valence-corrected chi connectivity index (χ0v) is 10.5. The third-order valence-corrected chi connectivity index (χ3v) is 2.59. The lowest BCUT2D eigenvalue weighted by molar-refractivity contribution is 0.101. The molecule has 1 aromatic heterocycles. The molecule has 0 aliphatic heterocycles. The fourth-order valence-electron chi connectivity index (χ4n) is 1.45. The third-order valence-electron chi connectivity index (χ3n) is 2.39. The van der Waals surface area contributed by atoms with Crippen LogP contribution in [0.15, 0.2) is 24.5 Å². The summed E-state index contributed by atoms with van der Waals surface area (Å²) in [6.45, 7) is 1.44. The van der Waals surface area contributed by atoms with E-state index in [1.165, 1.54) is 19.1 Å². The summed E-state index contributed by atoms with van der Waals surface area (Å²) in [4.78, 5) is 19.2. The van der Waals surface area contributed by atoms with Gasteiger partial charge in [-0.25, -0.2) is 18.7 Å². The van der Waals surface area contributed by atoms with Crippen LogP contribution >= 0.6 is 11.6 Å². The van der Waals surface area contributed by atoms with Crippen molar-refractivity contribution in [3.05, 3.63) is 52.4 Å². The smallest absolute Gasteiger partial charge is 0.262 e. The van der Waals surface area contributed by atoms with Crippen LogP contribution in [0.5, 0.6) is 0 Å². The number of carbonyl (C=O) groups excluding carboxylic acids is 1. The van der Waals surface area contributed by atoms with Crippen LogP contribution in [0, 0.1) is 18.6 Å². The van der Waals surface area contributed by atoms with E-state index in [1.54, 1.807) is 0 Å². The van der Waals surface area contributed by atoms with Gasteiger partial charge in [0.25, 0.3) is 5.91 Å². The van der Waals surface area contributed by atoms with Crippen LogP contribution < -0.4 is 5.32 Å². The highest BCUT2D eigenvalue weighted by atomic mass is 35.5. The molecule has 1 N–H and O–H groups in total. The van der Waals surface area contributed by atoms with Gasteiger partial charge in [-0.3, -0.25) is 4.79 Å². The minimum absolute atomic E-state index is 0.0605. The van der Waals surface area contributed by atoms with E-state index < -0.39 is 23.1 Å². The third kappa shape index (κ3) is 2.85. The first-order valence-corrected chi connectivity index (χ1v) is 5.60. The average molecular weight is 284 g/mol. The monoisotopic (exact) mass is 283 g/mol. The molecule has 0 atom stereocenters. The Morgan fingerprint density at radius 1 is 1.32 bits per heavy atom. The van der Waals surface area contributed by atoms with Crippen molar-refractivity contribution in [1.29, 1.82) is 0 Å². The number of nitrogens with zero attached hydrogens (tertiary/aromatic N) is 2. The predicted octanol–water partition coefficient (Wildman–Crippen LogP) is 2.97. The van der Waals surface area contributed by atoms with E-state index in [0.29, 0.717) is 0 Å². The SMILES string of the molecule is Cc1ccc(F)c(C(=O)Nc2cc(Cl)ncn2)c1F. The molecule has 0 saturated carbocycles. The molecule has 1 aromatic carbocycles. The number of hydrogen-bond acceptors (Lipinski definition) is 3. The molecule has 0 saturated heterocycles. The van der Waals surface area contributed by atoms with E-state index >= 15 is 0 Å². The van der Waals surface area contributed by atoms with Gasteiger partial charge in [-0.15, -0.1) is 0 Å². The van der Waals surface area contributed by atoms with Crippen LogP contribution in [0.3, 0.4) is 0 Å². The van der Waals surface area contributed by atoms with Crippen LogP contribution in [0.1, 0.15) is 15.9 Å². The van der Waals surface area contributed by atoms with Crippen molar-refractivity contribution < 1.29 is 13.6 Å². The Kier molecular flexibility index (Phi) is 3.71. The largest absolute Gasteiger partial charge is 0.306 e. The summed E-state index contributed by atoms with van der Waals surface area (Å²) in [5, 5.41) is 2.36. The van der Waals surface area contributed by atoms with Gasteiger partial charge in [-0.1, -0.05) is 17.7 Å². The summed E-state index contributed by atoms with van der Waals surface area (Å²) >= 11 is 5.61. The molecule has 0 fully saturated rings. The Balaban J connectivity index is 2.33. The summed E-state index contributed by atoms with van der Waals surface area (Å²) in [6, 6.07) is 3.55. The lowest BCUT2D eigenvalue weighted by atomic mass is 10.1. The molecule has 7 heteroatoms. The second-order valence-corrected chi connectivity index (χ2v) is 4.12. The molecule has 1 amide bonds. The van der Waals surface area contributed by atoms with Gasteiger partial charge in [0.05, 0.1) is 0 Å². The maximum atomic E-state index is 13.7. The summed E-state index contributed by atoms with van der Waals surface area (Å²) in [6.07, 6.45) is 1.13. The van der Waals surface area contributed by atoms with E-state index in [2.05, 4.69) is 15.3 Å². The molecule has 0 bridgehead atoms. The maximum Gasteiger partial charge on any atom is 0.262 e. The first-order valence-electron chi connectivity index (χ1n) is 5.22. The molecule has 19 heavy (non-hydrogen) atoms. The molecule has 2 aromatic rings. The van der Waals surface area contributed by atoms with E-state index in [0.717, 1.165) is 12.4 Å². The quantitative estimate of drug-likeness (QED) is 0.862. The first kappa shape index (κ1) is 13.4. The Morgan fingerprint density at radius 3 is 2.74 bits per heavy atom. The van der Waals surface area contributed by atoms with Crippen molar-refractivity contribution in [2.75, 3.05) is 5.32 Å². The molecule has 0 unspecified atom stereocenters. The molecule has 98 valence electrons. The molecule has 2 rings (SSSR count). The van der Waals surface area contributed by atoms with E-state index in [9.17, 15) is 13.6 Å². The number of carbonyl (C=O) groups is 1. The number of rotatable bonds is 2. The second kappa shape index (κ2) is 5.27. The van der Waals surface area contributed by atoms with Crippen LogP contribution in [0.4, 0.5) is 14.6 Å². The number of amides is 1. The van der Waals surface area contributed by atoms with Crippen molar-refractivity contribution in [3.63, 3.8) is 0 Å². The zero-order valence-electron chi connectivity index (χ0n) is 9.75. The number of nitrogens with one attached hydrogen (secondary N) is 1. The van der Waals surface area contributed by atoms with Gasteiger partial charge >= 0.3 is 0 Å². The van der Waals surface area contributed by atoms with Gasteiger partial charge in [-0.05, 0) is 18.6 Å². The number of hydrogen-bond donors (Lipinski definition) is 1. The minimum atomic E-state index is -0.944. The standard InChI is InChI=1S/C12H8ClF2N3O/c1-6-2-3-7(14)10(11(6)15)12(19)18-9-4-8(13)16-5-17-9/h2-5H,1H3,(H,16,17,18,19). The molecule has 4 nitrogen and oxygen atoms in total. The van der Waals surface area contributed by atoms with Gasteiger partial charge in [0.2, 0.25) is 0 Å². The van der Waals surface area contributed by atoms with Gasteiger partial charge in [0, 0.05) is 6.07 Å². The fourth-order valence-corrected chi connectivity index (χ4v) is 1.59. The summed E-state index contributed by atoms with van der Waals surface area (Å²) < 4.78 is 27.2. The lowest BCUT2D eigenvalue weighted by Gasteiger charge is -2.07. The van der Waals surface area contributed by atoms with Crippen molar-refractivity contribution in [1.82, 2.24) is 9.97 Å². The summed E-state index contributed by atoms with van der Waals surface area (Å²) in [5.41, 5.74) is -0.484. The molecule has 1 heterocycles. The van der Waals surface area contributed by atoms with Crippen LogP contribution in [-0.2, 0) is 0 Å². The van der Waals surface area contributed by atoms with Gasteiger partial charge < -0.3 is 5.32 Å². The van der Waals surface area contributed by atoms with E-state index in [-0.39, 0.29) is 16.5 Å². The Bertz CT molecular complexity index is 649. The number of benzene rings is 1. The number of anilines is 1. The average Bonchev–Trinajstić information content (AvgIpc) is 2.34. The molecular formula is C12H8ClF2N3O. The predicted molar refractivity (Wildman–Crippen MR) is 66.1 cm³/mol. The fraction of sp³-hybridized carbons (Fsp3) is 0.0833. The highest BCUT2D eigenvalue weighted by Gasteiger charge is 2.19. The first-order chi connectivity index (χ1) is 8.99. The normalized spacial score (nSPS) is 10.3. The van der Waals surface area contributed by atoms with E-state index in [1.807, 2.05) is 0 Å². The maximum absolute atomic E-state index is 13.7. The van der Waals surface area contributed by atoms with Crippen molar-refractivity contribution in [2.24, 2.45) is 0 Å². The van der Waals surface area contributed by atoms with Gasteiger partial charge in [0.15, 0.2) is 0 Å². The second-order valence-electron chi connectivity index (χ2n) is 3.73. The summed E-state index contributed by atoms with van der Waals surface area (Å²) in [5.74, 6) is -2.72. The van der Waals surface area contributed by atoms with Crippen molar-refractivity contribution in [2.45, 2.75) is 6.92 Å². The summed E-state index contributed by atoms with van der Waals surface area (Å²) in [7, 11) is 0. The van der Waals surface area contributed by atoms with Crippen LogP contribution in [-0.4, -0.2) is 15.9 Å². The molecule has 0 spiro atoms. The van der Waals surface area contributed by atoms with Gasteiger partial charge in [0.1, 0.15) is 34.5 Å². The number of halogens is 3. The Hall–Kier alpha value is -2.08. The highest BCUT2D eigenvalue weighted by Crippen LogP contribution is 2.18. The minimum Gasteiger partial charge on any atom is -0.306 e. The molecular weight excluding hydrogens is 276 g/mol. The number of aryl methyl sites for hydroxylation is 1. The molecule has 0 aliphatic carbocycles. The zero-order chi connectivity index (χ0) is 14.0. The van der Waals surface area contributed by atoms with Gasteiger partial charge in [-0.2, -0.15) is 0 Å². The van der Waals surface area contributed by atoms with E-state index in [4.69, 9.17) is 11.6 Å². The number of aromatic nitrogens is 2. The lowest BCUT2D eigenvalue weighted by Crippen LogP contribution is -2.17. The Labute approximate surface area is 112 Å².